The Balaban J connectivity index is 2.13. The van der Waals surface area contributed by atoms with Crippen molar-refractivity contribution in [3.8, 4) is 11.5 Å². The molecule has 0 amide bonds. The molecule has 0 unspecified atom stereocenters. The second-order valence-electron chi connectivity index (χ2n) is 3.84. The van der Waals surface area contributed by atoms with Crippen LogP contribution in [0.4, 0.5) is 0 Å². The SMILES string of the molecule is OCc1cc(Br)c(OCc2ccccc2)cc1O. The molecule has 0 spiro atoms. The molecule has 2 aromatic carbocycles. The van der Waals surface area contributed by atoms with Crippen molar-refractivity contribution in [1.29, 1.82) is 0 Å². The Morgan fingerprint density at radius 1 is 1.11 bits per heavy atom. The van der Waals surface area contributed by atoms with Crippen LogP contribution >= 0.6 is 15.9 Å². The maximum Gasteiger partial charge on any atom is 0.137 e. The van der Waals surface area contributed by atoms with E-state index in [9.17, 15) is 5.11 Å². The molecule has 4 heteroatoms. The first-order valence-corrected chi connectivity index (χ1v) is 6.29. The van der Waals surface area contributed by atoms with Gasteiger partial charge in [-0.1, -0.05) is 30.3 Å². The maximum atomic E-state index is 9.65. The summed E-state index contributed by atoms with van der Waals surface area (Å²) in [7, 11) is 0. The summed E-state index contributed by atoms with van der Waals surface area (Å²) < 4.78 is 6.32. The topological polar surface area (TPSA) is 49.7 Å². The Bertz CT molecular complexity index is 526. The first kappa shape index (κ1) is 12.9. The number of phenols is 1. The molecule has 0 bridgehead atoms. The number of halogens is 1. The van der Waals surface area contributed by atoms with Gasteiger partial charge in [0.1, 0.15) is 18.1 Å². The average Bonchev–Trinajstić information content (AvgIpc) is 2.40. The monoisotopic (exact) mass is 308 g/mol. The zero-order chi connectivity index (χ0) is 13.0. The van der Waals surface area contributed by atoms with Crippen molar-refractivity contribution in [3.05, 3.63) is 58.1 Å². The fourth-order valence-electron chi connectivity index (χ4n) is 1.56. The predicted molar refractivity (Wildman–Crippen MR) is 72.5 cm³/mol. The molecule has 0 saturated carbocycles. The summed E-state index contributed by atoms with van der Waals surface area (Å²) in [4.78, 5) is 0. The molecule has 0 heterocycles. The van der Waals surface area contributed by atoms with Crippen molar-refractivity contribution >= 4 is 15.9 Å². The van der Waals surface area contributed by atoms with Crippen LogP contribution in [-0.4, -0.2) is 10.2 Å². The summed E-state index contributed by atoms with van der Waals surface area (Å²) in [5.74, 6) is 0.581. The first-order valence-electron chi connectivity index (χ1n) is 5.49. The lowest BCUT2D eigenvalue weighted by molar-refractivity contribution is 0.273. The highest BCUT2D eigenvalue weighted by Crippen LogP contribution is 2.32. The Hall–Kier alpha value is -1.52. The average molecular weight is 309 g/mol. The van der Waals surface area contributed by atoms with Gasteiger partial charge in [-0.25, -0.2) is 0 Å². The number of aliphatic hydroxyl groups excluding tert-OH is 1. The molecule has 0 atom stereocenters. The van der Waals surface area contributed by atoms with Crippen molar-refractivity contribution in [2.24, 2.45) is 0 Å². The number of ether oxygens (including phenoxy) is 1. The largest absolute Gasteiger partial charge is 0.507 e. The number of aliphatic hydroxyl groups is 1. The molecule has 0 aliphatic rings. The minimum Gasteiger partial charge on any atom is -0.507 e. The van der Waals surface area contributed by atoms with Crippen LogP contribution in [0.2, 0.25) is 0 Å². The molecule has 0 aromatic heterocycles. The minimum absolute atomic E-state index is 0.0313. The molecular weight excluding hydrogens is 296 g/mol. The van der Waals surface area contributed by atoms with Gasteiger partial charge in [0, 0.05) is 11.6 Å². The molecule has 2 N–H and O–H groups in total. The molecule has 0 radical (unpaired) electrons. The molecule has 0 aliphatic carbocycles. The molecule has 2 aromatic rings. The highest BCUT2D eigenvalue weighted by Gasteiger charge is 2.08. The van der Waals surface area contributed by atoms with E-state index in [0.717, 1.165) is 5.56 Å². The zero-order valence-electron chi connectivity index (χ0n) is 9.64. The standard InChI is InChI=1S/C14H13BrO3/c15-12-6-11(8-16)13(17)7-14(12)18-9-10-4-2-1-3-5-10/h1-7,16-17H,8-9H2. The fraction of sp³-hybridized carbons (Fsp3) is 0.143. The molecule has 0 aliphatic heterocycles. The van der Waals surface area contributed by atoms with E-state index in [1.165, 1.54) is 6.07 Å². The summed E-state index contributed by atoms with van der Waals surface area (Å²) >= 11 is 3.35. The first-order chi connectivity index (χ1) is 8.70. The summed E-state index contributed by atoms with van der Waals surface area (Å²) in [6, 6.07) is 12.9. The van der Waals surface area contributed by atoms with Crippen LogP contribution in [0.3, 0.4) is 0 Å². The van der Waals surface area contributed by atoms with Gasteiger partial charge in [0.05, 0.1) is 11.1 Å². The summed E-state index contributed by atoms with van der Waals surface area (Å²) in [6.07, 6.45) is 0. The Labute approximate surface area is 114 Å². The number of hydrogen-bond acceptors (Lipinski definition) is 3. The Morgan fingerprint density at radius 2 is 1.83 bits per heavy atom. The van der Waals surface area contributed by atoms with Crippen LogP contribution in [-0.2, 0) is 13.2 Å². The van der Waals surface area contributed by atoms with Gasteiger partial charge in [-0.15, -0.1) is 0 Å². The normalized spacial score (nSPS) is 10.3. The van der Waals surface area contributed by atoms with E-state index < -0.39 is 0 Å². The van der Waals surface area contributed by atoms with E-state index in [1.54, 1.807) is 6.07 Å². The van der Waals surface area contributed by atoms with Gasteiger partial charge < -0.3 is 14.9 Å². The van der Waals surface area contributed by atoms with Crippen LogP contribution in [0.1, 0.15) is 11.1 Å². The van der Waals surface area contributed by atoms with Crippen molar-refractivity contribution in [1.82, 2.24) is 0 Å². The molecule has 2 rings (SSSR count). The van der Waals surface area contributed by atoms with E-state index in [0.29, 0.717) is 22.4 Å². The van der Waals surface area contributed by atoms with Gasteiger partial charge in [0.15, 0.2) is 0 Å². The Morgan fingerprint density at radius 3 is 2.50 bits per heavy atom. The number of rotatable bonds is 4. The van der Waals surface area contributed by atoms with Gasteiger partial charge in [-0.05, 0) is 27.6 Å². The molecule has 94 valence electrons. The zero-order valence-corrected chi connectivity index (χ0v) is 11.2. The van der Waals surface area contributed by atoms with Crippen LogP contribution in [0.15, 0.2) is 46.9 Å². The van der Waals surface area contributed by atoms with Crippen molar-refractivity contribution < 1.29 is 14.9 Å². The number of aromatic hydroxyl groups is 1. The van der Waals surface area contributed by atoms with E-state index in [4.69, 9.17) is 9.84 Å². The summed E-state index contributed by atoms with van der Waals surface area (Å²) in [5.41, 5.74) is 1.52. The van der Waals surface area contributed by atoms with Gasteiger partial charge in [-0.3, -0.25) is 0 Å². The molecule has 0 fully saturated rings. The maximum absolute atomic E-state index is 9.65. The molecule has 0 saturated heterocycles. The second kappa shape index (κ2) is 5.89. The fourth-order valence-corrected chi connectivity index (χ4v) is 2.06. The smallest absolute Gasteiger partial charge is 0.137 e. The predicted octanol–water partition coefficient (Wildman–Crippen LogP) is 3.23. The lowest BCUT2D eigenvalue weighted by Gasteiger charge is -2.10. The minimum atomic E-state index is -0.205. The number of hydrogen-bond donors (Lipinski definition) is 2. The van der Waals surface area contributed by atoms with Crippen molar-refractivity contribution in [2.45, 2.75) is 13.2 Å². The van der Waals surface area contributed by atoms with Crippen LogP contribution in [0.5, 0.6) is 11.5 Å². The number of benzene rings is 2. The third kappa shape index (κ3) is 3.03. The molecule has 18 heavy (non-hydrogen) atoms. The highest BCUT2D eigenvalue weighted by molar-refractivity contribution is 9.10. The van der Waals surface area contributed by atoms with E-state index >= 15 is 0 Å². The van der Waals surface area contributed by atoms with Crippen LogP contribution in [0.25, 0.3) is 0 Å². The lowest BCUT2D eigenvalue weighted by Crippen LogP contribution is -1.96. The summed E-state index contributed by atoms with van der Waals surface area (Å²) in [6.45, 7) is 0.223. The lowest BCUT2D eigenvalue weighted by atomic mass is 10.2. The van der Waals surface area contributed by atoms with Crippen LogP contribution < -0.4 is 4.74 Å². The van der Waals surface area contributed by atoms with Gasteiger partial charge in [0.2, 0.25) is 0 Å². The summed E-state index contributed by atoms with van der Waals surface area (Å²) in [5, 5.41) is 18.7. The van der Waals surface area contributed by atoms with E-state index in [2.05, 4.69) is 15.9 Å². The van der Waals surface area contributed by atoms with Gasteiger partial charge in [0.25, 0.3) is 0 Å². The van der Waals surface area contributed by atoms with Crippen molar-refractivity contribution in [2.75, 3.05) is 0 Å². The molecular formula is C14H13BrO3. The van der Waals surface area contributed by atoms with Crippen LogP contribution in [0, 0.1) is 0 Å². The van der Waals surface area contributed by atoms with Crippen molar-refractivity contribution in [3.63, 3.8) is 0 Å². The van der Waals surface area contributed by atoms with E-state index in [-0.39, 0.29) is 12.4 Å². The Kier molecular flexibility index (Phi) is 4.23. The molecule has 3 nitrogen and oxygen atoms in total. The quantitative estimate of drug-likeness (QED) is 0.911. The second-order valence-corrected chi connectivity index (χ2v) is 4.70. The van der Waals surface area contributed by atoms with Gasteiger partial charge in [-0.2, -0.15) is 0 Å². The highest BCUT2D eigenvalue weighted by atomic mass is 79.9. The third-order valence-corrected chi connectivity index (χ3v) is 3.16. The third-order valence-electron chi connectivity index (χ3n) is 2.54. The van der Waals surface area contributed by atoms with E-state index in [1.807, 2.05) is 30.3 Å². The van der Waals surface area contributed by atoms with Gasteiger partial charge >= 0.3 is 0 Å².